The molecule has 0 saturated heterocycles. The molecule has 16 heteroatoms. The van der Waals surface area contributed by atoms with Gasteiger partial charge in [-0.05, 0) is 66.6 Å². The Bertz CT molecular complexity index is 2380. The Kier molecular flexibility index (Phi) is 10.5. The summed E-state index contributed by atoms with van der Waals surface area (Å²) in [6.45, 7) is 0.677. The van der Waals surface area contributed by atoms with E-state index in [0.29, 0.717) is 46.9 Å². The van der Waals surface area contributed by atoms with Gasteiger partial charge in [0.25, 0.3) is 11.5 Å². The number of carbonyl (C=O) groups is 3. The van der Waals surface area contributed by atoms with E-state index in [1.54, 1.807) is 24.3 Å². The van der Waals surface area contributed by atoms with Crippen molar-refractivity contribution in [1.29, 1.82) is 0 Å². The molecule has 4 heterocycles. The van der Waals surface area contributed by atoms with Crippen LogP contribution < -0.4 is 21.9 Å². The average Bonchev–Trinajstić information content (AvgIpc) is 3.68. The van der Waals surface area contributed by atoms with Crippen molar-refractivity contribution in [3.63, 3.8) is 0 Å². The number of aromatic amines is 3. The first kappa shape index (κ1) is 35.8. The van der Waals surface area contributed by atoms with Gasteiger partial charge in [-0.15, -0.1) is 4.91 Å². The van der Waals surface area contributed by atoms with Crippen LogP contribution in [0.4, 0.5) is 17.5 Å². The Labute approximate surface area is 300 Å². The van der Waals surface area contributed by atoms with Gasteiger partial charge in [-0.2, -0.15) is 4.98 Å². The monoisotopic (exact) mass is 720 g/mol. The molecule has 1 aliphatic heterocycles. The number of aliphatic carboxylic acids is 2. The quantitative estimate of drug-likeness (QED) is 0.0800. The Morgan fingerprint density at radius 3 is 2.30 bits per heavy atom. The highest BCUT2D eigenvalue weighted by molar-refractivity contribution is 6.07. The third-order valence-corrected chi connectivity index (χ3v) is 9.10. The van der Waals surface area contributed by atoms with E-state index in [0.717, 1.165) is 40.2 Å². The molecule has 16 nitrogen and oxygen atoms in total. The highest BCUT2D eigenvalue weighted by Crippen LogP contribution is 2.44. The number of aromatic hydroxyl groups is 1. The molecule has 1 aliphatic rings. The predicted octanol–water partition coefficient (Wildman–Crippen LogP) is 5.04. The molecule has 0 unspecified atom stereocenters. The molecule has 6 aromatic rings. The fourth-order valence-corrected chi connectivity index (χ4v) is 6.40. The summed E-state index contributed by atoms with van der Waals surface area (Å²) in [4.78, 5) is 70.3. The minimum atomic E-state index is -1.28. The first-order valence-electron chi connectivity index (χ1n) is 16.7. The van der Waals surface area contributed by atoms with Crippen LogP contribution in [0, 0.1) is 10.8 Å². The van der Waals surface area contributed by atoms with E-state index < -0.39 is 23.9 Å². The topological polar surface area (TPSA) is 269 Å². The third kappa shape index (κ3) is 8.01. The number of para-hydroxylation sites is 2. The summed E-state index contributed by atoms with van der Waals surface area (Å²) in [7, 11) is 0. The minimum absolute atomic E-state index is 0.0210. The molecular formula is C37H36N8O8. The molecular weight excluding hydrogens is 684 g/mol. The number of nitrogen functional groups attached to an aromatic ring is 1. The smallest absolute Gasteiger partial charge is 0.326 e. The molecule has 0 saturated carbocycles. The molecule has 0 aliphatic carbocycles. The number of H-pyrrole nitrogens is 3. The maximum Gasteiger partial charge on any atom is 0.326 e. The second-order valence-electron chi connectivity index (χ2n) is 12.6. The largest absolute Gasteiger partial charge is 0.494 e. The zero-order valence-electron chi connectivity index (χ0n) is 28.2. The van der Waals surface area contributed by atoms with Crippen molar-refractivity contribution in [1.82, 2.24) is 25.3 Å². The number of nitrogens with zero attached hydrogens (tertiary/aromatic N) is 2. The van der Waals surface area contributed by atoms with Crippen LogP contribution in [-0.2, 0) is 22.4 Å². The fourth-order valence-electron chi connectivity index (χ4n) is 6.40. The van der Waals surface area contributed by atoms with E-state index in [1.165, 1.54) is 0 Å². The number of aromatic nitrogens is 4. The molecule has 0 fully saturated rings. The van der Waals surface area contributed by atoms with E-state index in [-0.39, 0.29) is 36.1 Å². The summed E-state index contributed by atoms with van der Waals surface area (Å²) in [5.74, 6) is -2.11. The second kappa shape index (κ2) is 15.5. The van der Waals surface area contributed by atoms with Crippen molar-refractivity contribution < 1.29 is 29.7 Å². The summed E-state index contributed by atoms with van der Waals surface area (Å²) < 4.78 is 0. The predicted molar refractivity (Wildman–Crippen MR) is 198 cm³/mol. The maximum absolute atomic E-state index is 12.3. The number of hydrogen-bond acceptors (Lipinski definition) is 10. The number of fused-ring (bicyclic) bond motifs is 3. The SMILES string of the molecule is Nc1nc2c(c(=O)[nH]1)C[C@@H](CCc1ccc(C(=O)N[C@@H](CCC(=O)O)C(=O)O)cc1)CN2.O=Nc1c(-c2c(O)[nH]c3ccccc23)[nH]c2ccccc12. The van der Waals surface area contributed by atoms with Crippen LogP contribution in [0.15, 0.2) is 82.8 Å². The number of amides is 1. The summed E-state index contributed by atoms with van der Waals surface area (Å²) in [6, 6.07) is 20.5. The Morgan fingerprint density at radius 2 is 1.62 bits per heavy atom. The van der Waals surface area contributed by atoms with Gasteiger partial charge in [0.05, 0.1) is 16.8 Å². The van der Waals surface area contributed by atoms with Crippen LogP contribution in [0.25, 0.3) is 33.1 Å². The Balaban J connectivity index is 0.000000196. The van der Waals surface area contributed by atoms with Crippen molar-refractivity contribution in [2.75, 3.05) is 17.6 Å². The van der Waals surface area contributed by atoms with Crippen molar-refractivity contribution in [3.8, 4) is 17.1 Å². The lowest BCUT2D eigenvalue weighted by atomic mass is 9.91. The van der Waals surface area contributed by atoms with Gasteiger partial charge in [-0.25, -0.2) is 4.79 Å². The second-order valence-corrected chi connectivity index (χ2v) is 12.6. The van der Waals surface area contributed by atoms with Crippen LogP contribution in [0.3, 0.4) is 0 Å². The lowest BCUT2D eigenvalue weighted by Gasteiger charge is -2.24. The van der Waals surface area contributed by atoms with Gasteiger partial charge in [0.1, 0.15) is 17.5 Å². The van der Waals surface area contributed by atoms with Gasteiger partial charge in [0.15, 0.2) is 5.88 Å². The van der Waals surface area contributed by atoms with Gasteiger partial charge in [0, 0.05) is 40.3 Å². The van der Waals surface area contributed by atoms with Gasteiger partial charge >= 0.3 is 11.9 Å². The van der Waals surface area contributed by atoms with Gasteiger partial charge in [-0.3, -0.25) is 19.4 Å². The summed E-state index contributed by atoms with van der Waals surface area (Å²) in [5.41, 5.74) is 10.2. The van der Waals surface area contributed by atoms with Gasteiger partial charge < -0.3 is 41.7 Å². The van der Waals surface area contributed by atoms with Gasteiger partial charge in [0.2, 0.25) is 5.95 Å². The molecule has 0 bridgehead atoms. The lowest BCUT2D eigenvalue weighted by Crippen LogP contribution is -2.41. The zero-order valence-corrected chi connectivity index (χ0v) is 28.2. The number of hydrogen-bond donors (Lipinski definition) is 9. The van der Waals surface area contributed by atoms with Crippen molar-refractivity contribution in [2.45, 2.75) is 38.1 Å². The zero-order chi connectivity index (χ0) is 37.6. The lowest BCUT2D eigenvalue weighted by molar-refractivity contribution is -0.140. The number of carboxylic acid groups (broad SMARTS) is 2. The minimum Gasteiger partial charge on any atom is -0.494 e. The molecule has 7 rings (SSSR count). The van der Waals surface area contributed by atoms with Crippen molar-refractivity contribution in [3.05, 3.63) is 105 Å². The van der Waals surface area contributed by atoms with Crippen LogP contribution in [-0.4, -0.2) is 65.7 Å². The van der Waals surface area contributed by atoms with Crippen molar-refractivity contribution >= 4 is 57.1 Å². The number of rotatable bonds is 11. The highest BCUT2D eigenvalue weighted by Gasteiger charge is 2.24. The standard InChI is InChI=1S/C21H25N5O6.C16H11N3O2/c22-21-25-17-14(19(30)26-21)9-12(10-23-17)2-1-11-3-5-13(6-4-11)18(29)24-15(20(31)32)7-8-16(27)28;20-16-13(9-5-1-3-7-11(9)18-16)15-14(19-21)10-6-2-4-8-12(10)17-15/h3-6,12,15H,1-2,7-10H2,(H,24,29)(H,27,28)(H,31,32)(H4,22,23,25,26,30);1-8,17-18,20H/t12-,15+;/m1./s1. The number of nitrogens with one attached hydrogen (secondary N) is 5. The number of aryl methyl sites for hydroxylation is 1. The number of nitroso groups, excluding NO2 is 1. The summed E-state index contributed by atoms with van der Waals surface area (Å²) in [6.07, 6.45) is 1.60. The van der Waals surface area contributed by atoms with E-state index >= 15 is 0 Å². The van der Waals surface area contributed by atoms with Crippen LogP contribution in [0.2, 0.25) is 0 Å². The van der Waals surface area contributed by atoms with E-state index in [1.807, 2.05) is 48.5 Å². The van der Waals surface area contributed by atoms with Gasteiger partial charge in [-0.1, -0.05) is 48.5 Å². The molecule has 0 radical (unpaired) electrons. The number of anilines is 2. The van der Waals surface area contributed by atoms with Crippen LogP contribution >= 0.6 is 0 Å². The number of carboxylic acids is 2. The molecule has 10 N–H and O–H groups in total. The van der Waals surface area contributed by atoms with E-state index in [4.69, 9.17) is 15.9 Å². The Hall–Kier alpha value is -6.97. The van der Waals surface area contributed by atoms with Crippen LogP contribution in [0.1, 0.15) is 40.7 Å². The van der Waals surface area contributed by atoms with E-state index in [2.05, 4.69) is 35.7 Å². The summed E-state index contributed by atoms with van der Waals surface area (Å²) >= 11 is 0. The molecule has 0 spiro atoms. The normalized spacial score (nSPS) is 14.0. The molecule has 272 valence electrons. The number of benzene rings is 3. The third-order valence-electron chi connectivity index (χ3n) is 9.10. The molecule has 1 amide bonds. The first-order valence-corrected chi connectivity index (χ1v) is 16.7. The number of carbonyl (C=O) groups excluding carboxylic acids is 1. The van der Waals surface area contributed by atoms with Crippen molar-refractivity contribution in [2.24, 2.45) is 11.1 Å². The molecule has 3 aromatic carbocycles. The Morgan fingerprint density at radius 1 is 0.943 bits per heavy atom. The maximum atomic E-state index is 12.3. The molecule has 3 aromatic heterocycles. The molecule has 2 atom stereocenters. The number of nitrogens with two attached hydrogens (primary N) is 1. The highest BCUT2D eigenvalue weighted by atomic mass is 16.4. The van der Waals surface area contributed by atoms with E-state index in [9.17, 15) is 29.2 Å². The molecule has 53 heavy (non-hydrogen) atoms. The average molecular weight is 721 g/mol. The first-order chi connectivity index (χ1) is 25.5. The fraction of sp³-hybridized carbons (Fsp3) is 0.216. The summed E-state index contributed by atoms with van der Waals surface area (Å²) in [5, 5.41) is 38.3. The van der Waals surface area contributed by atoms with Crippen LogP contribution in [0.5, 0.6) is 5.88 Å².